The standard InChI is InChI=1S/C19H16ClN3O4/c1-11(12-6-8-13(20)9-7-12)21-16(24)10-23-18(25)15-5-3-2-4-14(15)17(22-23)19(26)27/h2-9,11H,10H2,1H3,(H,21,24)(H,26,27)/t11-/m0/s1. The lowest BCUT2D eigenvalue weighted by atomic mass is 10.1. The Morgan fingerprint density at radius 1 is 1.15 bits per heavy atom. The van der Waals surface area contributed by atoms with Crippen molar-refractivity contribution >= 4 is 34.2 Å². The van der Waals surface area contributed by atoms with Gasteiger partial charge in [0.25, 0.3) is 5.56 Å². The maximum absolute atomic E-state index is 12.5. The predicted molar refractivity (Wildman–Crippen MR) is 101 cm³/mol. The number of aromatic nitrogens is 2. The number of benzene rings is 2. The van der Waals surface area contributed by atoms with Gasteiger partial charge in [0.1, 0.15) is 6.54 Å². The second-order valence-electron chi connectivity index (χ2n) is 6.00. The molecule has 0 saturated carbocycles. The summed E-state index contributed by atoms with van der Waals surface area (Å²) in [6.45, 7) is 1.41. The number of carboxylic acids is 1. The summed E-state index contributed by atoms with van der Waals surface area (Å²) in [5.74, 6) is -1.73. The van der Waals surface area contributed by atoms with Crippen molar-refractivity contribution in [1.82, 2.24) is 15.1 Å². The van der Waals surface area contributed by atoms with Gasteiger partial charge in [-0.2, -0.15) is 5.10 Å². The molecule has 0 aliphatic rings. The van der Waals surface area contributed by atoms with E-state index in [4.69, 9.17) is 11.6 Å². The topological polar surface area (TPSA) is 101 Å². The monoisotopic (exact) mass is 385 g/mol. The van der Waals surface area contributed by atoms with Crippen LogP contribution < -0.4 is 10.9 Å². The van der Waals surface area contributed by atoms with Gasteiger partial charge in [0.2, 0.25) is 5.91 Å². The number of halogens is 1. The van der Waals surface area contributed by atoms with Crippen molar-refractivity contribution in [3.8, 4) is 0 Å². The van der Waals surface area contributed by atoms with Crippen LogP contribution in [0.5, 0.6) is 0 Å². The zero-order chi connectivity index (χ0) is 19.6. The molecular weight excluding hydrogens is 370 g/mol. The van der Waals surface area contributed by atoms with E-state index in [1.807, 2.05) is 0 Å². The number of carboxylic acid groups (broad SMARTS) is 1. The number of rotatable bonds is 5. The van der Waals surface area contributed by atoms with Crippen LogP contribution in [-0.4, -0.2) is 26.8 Å². The molecule has 0 unspecified atom stereocenters. The molecule has 2 aromatic carbocycles. The smallest absolute Gasteiger partial charge is 0.357 e. The van der Waals surface area contributed by atoms with E-state index >= 15 is 0 Å². The third kappa shape index (κ3) is 3.98. The van der Waals surface area contributed by atoms with Crippen molar-refractivity contribution in [2.24, 2.45) is 0 Å². The fourth-order valence-corrected chi connectivity index (χ4v) is 2.88. The Morgan fingerprint density at radius 2 is 1.78 bits per heavy atom. The largest absolute Gasteiger partial charge is 0.476 e. The molecule has 0 fully saturated rings. The first kappa shape index (κ1) is 18.6. The Bertz CT molecular complexity index is 1080. The van der Waals surface area contributed by atoms with Gasteiger partial charge in [-0.05, 0) is 30.7 Å². The van der Waals surface area contributed by atoms with Gasteiger partial charge < -0.3 is 10.4 Å². The highest BCUT2D eigenvalue weighted by Gasteiger charge is 2.18. The summed E-state index contributed by atoms with van der Waals surface area (Å²) in [5.41, 5.74) is 0.0476. The van der Waals surface area contributed by atoms with Crippen LogP contribution in [0.15, 0.2) is 53.3 Å². The van der Waals surface area contributed by atoms with Gasteiger partial charge in [0, 0.05) is 10.4 Å². The Hall–Kier alpha value is -3.19. The van der Waals surface area contributed by atoms with Crippen LogP contribution in [0, 0.1) is 0 Å². The van der Waals surface area contributed by atoms with Gasteiger partial charge in [-0.15, -0.1) is 0 Å². The summed E-state index contributed by atoms with van der Waals surface area (Å²) < 4.78 is 0.871. The van der Waals surface area contributed by atoms with E-state index in [-0.39, 0.29) is 29.1 Å². The molecule has 138 valence electrons. The average molecular weight is 386 g/mol. The molecule has 1 atom stereocenters. The van der Waals surface area contributed by atoms with Crippen LogP contribution in [0.4, 0.5) is 0 Å². The number of nitrogens with one attached hydrogen (secondary N) is 1. The zero-order valence-corrected chi connectivity index (χ0v) is 15.1. The first-order chi connectivity index (χ1) is 12.9. The number of carbonyl (C=O) groups excluding carboxylic acids is 1. The van der Waals surface area contributed by atoms with E-state index in [0.717, 1.165) is 10.2 Å². The summed E-state index contributed by atoms with van der Waals surface area (Å²) in [6.07, 6.45) is 0. The molecule has 27 heavy (non-hydrogen) atoms. The number of hydrogen-bond acceptors (Lipinski definition) is 4. The highest BCUT2D eigenvalue weighted by molar-refractivity contribution is 6.30. The molecule has 0 aliphatic carbocycles. The second-order valence-corrected chi connectivity index (χ2v) is 6.44. The number of nitrogens with zero attached hydrogens (tertiary/aromatic N) is 2. The van der Waals surface area contributed by atoms with Gasteiger partial charge in [0.05, 0.1) is 11.4 Å². The maximum atomic E-state index is 12.5. The number of hydrogen-bond donors (Lipinski definition) is 2. The van der Waals surface area contributed by atoms with Crippen LogP contribution in [0.2, 0.25) is 5.02 Å². The molecule has 8 heteroatoms. The third-order valence-corrected chi connectivity index (χ3v) is 4.36. The minimum absolute atomic E-state index is 0.198. The number of aromatic carboxylic acids is 1. The Labute approximate surface area is 159 Å². The van der Waals surface area contributed by atoms with Crippen LogP contribution in [0.1, 0.15) is 29.0 Å². The quantitative estimate of drug-likeness (QED) is 0.703. The zero-order valence-electron chi connectivity index (χ0n) is 14.3. The lowest BCUT2D eigenvalue weighted by Gasteiger charge is -2.15. The molecule has 7 nitrogen and oxygen atoms in total. The average Bonchev–Trinajstić information content (AvgIpc) is 2.64. The first-order valence-corrected chi connectivity index (χ1v) is 8.52. The first-order valence-electron chi connectivity index (χ1n) is 8.15. The molecule has 3 rings (SSSR count). The summed E-state index contributed by atoms with van der Waals surface area (Å²) >= 11 is 5.85. The highest BCUT2D eigenvalue weighted by Crippen LogP contribution is 2.16. The Morgan fingerprint density at radius 3 is 2.41 bits per heavy atom. The summed E-state index contributed by atoms with van der Waals surface area (Å²) in [6, 6.07) is 13.0. The van der Waals surface area contributed by atoms with Crippen LogP contribution in [0.3, 0.4) is 0 Å². The maximum Gasteiger partial charge on any atom is 0.357 e. The molecule has 3 aromatic rings. The van der Waals surface area contributed by atoms with Crippen molar-refractivity contribution in [3.63, 3.8) is 0 Å². The van der Waals surface area contributed by atoms with E-state index in [1.165, 1.54) is 12.1 Å². The van der Waals surface area contributed by atoms with Crippen LogP contribution in [0.25, 0.3) is 10.8 Å². The van der Waals surface area contributed by atoms with E-state index in [0.29, 0.717) is 5.02 Å². The van der Waals surface area contributed by atoms with Crippen molar-refractivity contribution in [1.29, 1.82) is 0 Å². The second kappa shape index (κ2) is 7.59. The highest BCUT2D eigenvalue weighted by atomic mass is 35.5. The van der Waals surface area contributed by atoms with Crippen molar-refractivity contribution < 1.29 is 14.7 Å². The van der Waals surface area contributed by atoms with Gasteiger partial charge in [-0.3, -0.25) is 9.59 Å². The fraction of sp³-hybridized carbons (Fsp3) is 0.158. The summed E-state index contributed by atoms with van der Waals surface area (Å²) in [7, 11) is 0. The molecule has 2 N–H and O–H groups in total. The van der Waals surface area contributed by atoms with Gasteiger partial charge in [-0.1, -0.05) is 41.9 Å². The summed E-state index contributed by atoms with van der Waals surface area (Å²) in [4.78, 5) is 36.4. The molecule has 1 heterocycles. The molecule has 1 amide bonds. The van der Waals surface area contributed by atoms with E-state index in [2.05, 4.69) is 10.4 Å². The minimum Gasteiger partial charge on any atom is -0.476 e. The lowest BCUT2D eigenvalue weighted by molar-refractivity contribution is -0.122. The Kier molecular flexibility index (Phi) is 5.23. The van der Waals surface area contributed by atoms with Gasteiger partial charge in [0.15, 0.2) is 5.69 Å². The van der Waals surface area contributed by atoms with Crippen molar-refractivity contribution in [2.75, 3.05) is 0 Å². The fourth-order valence-electron chi connectivity index (χ4n) is 2.76. The van der Waals surface area contributed by atoms with Gasteiger partial charge >= 0.3 is 5.97 Å². The SMILES string of the molecule is C[C@H](NC(=O)Cn1nc(C(=O)O)c2ccccc2c1=O)c1ccc(Cl)cc1. The van der Waals surface area contributed by atoms with Crippen molar-refractivity contribution in [2.45, 2.75) is 19.5 Å². The predicted octanol–water partition coefficient (Wildman–Crippen LogP) is 2.63. The number of fused-ring (bicyclic) bond motifs is 1. The molecule has 0 radical (unpaired) electrons. The van der Waals surface area contributed by atoms with E-state index in [9.17, 15) is 19.5 Å². The molecule has 0 aliphatic heterocycles. The normalized spacial score (nSPS) is 11.9. The van der Waals surface area contributed by atoms with E-state index in [1.54, 1.807) is 43.3 Å². The van der Waals surface area contributed by atoms with Crippen LogP contribution in [-0.2, 0) is 11.3 Å². The Balaban J connectivity index is 1.86. The molecule has 1 aromatic heterocycles. The van der Waals surface area contributed by atoms with Crippen molar-refractivity contribution in [3.05, 3.63) is 75.2 Å². The van der Waals surface area contributed by atoms with E-state index < -0.39 is 17.4 Å². The molecular formula is C19H16ClN3O4. The van der Waals surface area contributed by atoms with Crippen LogP contribution >= 0.6 is 11.6 Å². The lowest BCUT2D eigenvalue weighted by Crippen LogP contribution is -2.35. The molecule has 0 bridgehead atoms. The van der Waals surface area contributed by atoms with Gasteiger partial charge in [-0.25, -0.2) is 9.48 Å². The minimum atomic E-state index is -1.27. The summed E-state index contributed by atoms with van der Waals surface area (Å²) in [5, 5.41) is 17.0. The molecule has 0 saturated heterocycles. The number of amides is 1. The third-order valence-electron chi connectivity index (χ3n) is 4.11. The number of carbonyl (C=O) groups is 2. The molecule has 0 spiro atoms.